The second kappa shape index (κ2) is 13.9. The molecule has 9 heteroatoms. The molecule has 0 atom stereocenters. The van der Waals surface area contributed by atoms with Gasteiger partial charge in [-0.1, -0.05) is 44.2 Å². The van der Waals surface area contributed by atoms with Gasteiger partial charge in [0.05, 0.1) is 11.5 Å². The summed E-state index contributed by atoms with van der Waals surface area (Å²) in [6.07, 6.45) is 2.29. The zero-order chi connectivity index (χ0) is 26.7. The third kappa shape index (κ3) is 8.38. The Labute approximate surface area is 224 Å². The van der Waals surface area contributed by atoms with Gasteiger partial charge < -0.3 is 10.1 Å². The van der Waals surface area contributed by atoms with E-state index in [1.54, 1.807) is 36.4 Å². The van der Waals surface area contributed by atoms with Crippen LogP contribution in [0.25, 0.3) is 0 Å². The van der Waals surface area contributed by atoms with E-state index in [0.717, 1.165) is 19.3 Å². The second-order valence-corrected chi connectivity index (χ2v) is 10.8. The maximum absolute atomic E-state index is 12.9. The molecule has 196 valence electrons. The van der Waals surface area contributed by atoms with E-state index >= 15 is 0 Å². The molecule has 0 spiro atoms. The molecule has 0 heterocycles. The smallest absolute Gasteiger partial charge is 0.257 e. The fraction of sp³-hybridized carbons (Fsp3) is 0.286. The second-order valence-electron chi connectivity index (χ2n) is 8.45. The molecule has 0 aromatic heterocycles. The number of nitrogens with one attached hydrogen (secondary N) is 2. The molecule has 0 aliphatic carbocycles. The fourth-order valence-electron chi connectivity index (χ4n) is 3.68. The fourth-order valence-corrected chi connectivity index (χ4v) is 5.52. The molecular weight excluding hydrogens is 506 g/mol. The first-order chi connectivity index (χ1) is 17.8. The van der Waals surface area contributed by atoms with Crippen LogP contribution in [0.1, 0.15) is 42.6 Å². The molecule has 0 bridgehead atoms. The summed E-state index contributed by atoms with van der Waals surface area (Å²) in [5.74, 6) is 0.321. The van der Waals surface area contributed by atoms with E-state index in [1.807, 2.05) is 32.0 Å². The van der Waals surface area contributed by atoms with Crippen molar-refractivity contribution < 1.29 is 17.9 Å². The van der Waals surface area contributed by atoms with Crippen LogP contribution in [-0.4, -0.2) is 43.4 Å². The first-order valence-electron chi connectivity index (χ1n) is 12.3. The highest BCUT2D eigenvalue weighted by Crippen LogP contribution is 2.19. The average molecular weight is 540 g/mol. The normalized spacial score (nSPS) is 11.2. The third-order valence-electron chi connectivity index (χ3n) is 5.54. The van der Waals surface area contributed by atoms with Gasteiger partial charge in [-0.2, -0.15) is 4.31 Å². The minimum atomic E-state index is -3.56. The predicted octanol–water partition coefficient (Wildman–Crippen LogP) is 5.25. The molecule has 3 aromatic rings. The zero-order valence-electron chi connectivity index (χ0n) is 21.1. The first kappa shape index (κ1) is 28.3. The van der Waals surface area contributed by atoms with Gasteiger partial charge in [-0.25, -0.2) is 8.42 Å². The summed E-state index contributed by atoms with van der Waals surface area (Å²) >= 11 is 5.26. The molecular formula is C28H33N3O4S2. The largest absolute Gasteiger partial charge is 0.493 e. The highest BCUT2D eigenvalue weighted by atomic mass is 32.2. The van der Waals surface area contributed by atoms with Crippen molar-refractivity contribution in [3.8, 4) is 5.75 Å². The Hall–Kier alpha value is -3.27. The number of carbonyl (C=O) groups is 1. The molecule has 0 aliphatic rings. The van der Waals surface area contributed by atoms with Crippen LogP contribution in [0.4, 0.5) is 5.69 Å². The van der Waals surface area contributed by atoms with E-state index in [2.05, 4.69) is 22.8 Å². The van der Waals surface area contributed by atoms with Crippen LogP contribution in [0.2, 0.25) is 0 Å². The SMILES string of the molecule is CCCN(CCC)S(=O)(=O)c1ccc(NC(=S)NC(=O)c2ccc(OCCc3ccccc3)cc2)cc1. The number of rotatable bonds is 12. The van der Waals surface area contributed by atoms with Gasteiger partial charge in [-0.15, -0.1) is 0 Å². The van der Waals surface area contributed by atoms with Gasteiger partial charge in [0.25, 0.3) is 5.91 Å². The minimum Gasteiger partial charge on any atom is -0.493 e. The van der Waals surface area contributed by atoms with Gasteiger partial charge in [0, 0.05) is 30.8 Å². The number of amides is 1. The van der Waals surface area contributed by atoms with E-state index in [9.17, 15) is 13.2 Å². The number of carbonyl (C=O) groups excluding carboxylic acids is 1. The van der Waals surface area contributed by atoms with Crippen molar-refractivity contribution in [1.82, 2.24) is 9.62 Å². The predicted molar refractivity (Wildman–Crippen MR) is 152 cm³/mol. The van der Waals surface area contributed by atoms with Crippen LogP contribution >= 0.6 is 12.2 Å². The van der Waals surface area contributed by atoms with Crippen LogP contribution in [0.15, 0.2) is 83.8 Å². The van der Waals surface area contributed by atoms with Crippen molar-refractivity contribution in [3.63, 3.8) is 0 Å². The van der Waals surface area contributed by atoms with Gasteiger partial charge in [0.15, 0.2) is 5.11 Å². The molecule has 2 N–H and O–H groups in total. The Morgan fingerprint density at radius 2 is 1.51 bits per heavy atom. The minimum absolute atomic E-state index is 0.113. The highest BCUT2D eigenvalue weighted by Gasteiger charge is 2.22. The van der Waals surface area contributed by atoms with Crippen LogP contribution in [0.3, 0.4) is 0 Å². The summed E-state index contributed by atoms with van der Waals surface area (Å²) < 4.78 is 33.1. The quantitative estimate of drug-likeness (QED) is 0.306. The molecule has 3 aromatic carbocycles. The molecule has 0 aliphatic heterocycles. The third-order valence-corrected chi connectivity index (χ3v) is 7.66. The lowest BCUT2D eigenvalue weighted by Gasteiger charge is -2.21. The van der Waals surface area contributed by atoms with Crippen LogP contribution in [0.5, 0.6) is 5.75 Å². The number of ether oxygens (including phenoxy) is 1. The zero-order valence-corrected chi connectivity index (χ0v) is 22.8. The van der Waals surface area contributed by atoms with Crippen molar-refractivity contribution in [2.24, 2.45) is 0 Å². The monoisotopic (exact) mass is 539 g/mol. The molecule has 0 saturated carbocycles. The van der Waals surface area contributed by atoms with E-state index in [1.165, 1.54) is 22.0 Å². The molecule has 37 heavy (non-hydrogen) atoms. The first-order valence-corrected chi connectivity index (χ1v) is 14.2. The van der Waals surface area contributed by atoms with E-state index in [4.69, 9.17) is 17.0 Å². The number of sulfonamides is 1. The van der Waals surface area contributed by atoms with Gasteiger partial charge in [0.2, 0.25) is 10.0 Å². The lowest BCUT2D eigenvalue weighted by molar-refractivity contribution is 0.0977. The average Bonchev–Trinajstić information content (AvgIpc) is 2.90. The topological polar surface area (TPSA) is 87.7 Å². The summed E-state index contributed by atoms with van der Waals surface area (Å²) in [7, 11) is -3.56. The lowest BCUT2D eigenvalue weighted by Crippen LogP contribution is -2.34. The Kier molecular flexibility index (Phi) is 10.6. The van der Waals surface area contributed by atoms with Gasteiger partial charge in [0.1, 0.15) is 5.75 Å². The molecule has 0 radical (unpaired) electrons. The summed E-state index contributed by atoms with van der Waals surface area (Å²) in [6, 6.07) is 23.3. The molecule has 0 saturated heterocycles. The van der Waals surface area contributed by atoms with E-state index < -0.39 is 10.0 Å². The standard InChI is InChI=1S/C28H33N3O4S2/c1-3-19-31(20-4-2)37(33,34)26-16-12-24(13-17-26)29-28(36)30-27(32)23-10-14-25(15-11-23)35-21-18-22-8-6-5-7-9-22/h5-17H,3-4,18-21H2,1-2H3,(H2,29,30,32,36). The van der Waals surface area contributed by atoms with Crippen molar-refractivity contribution in [2.75, 3.05) is 25.0 Å². The van der Waals surface area contributed by atoms with Crippen LogP contribution in [-0.2, 0) is 16.4 Å². The number of benzene rings is 3. The molecule has 0 unspecified atom stereocenters. The number of nitrogens with zero attached hydrogens (tertiary/aromatic N) is 1. The molecule has 3 rings (SSSR count). The van der Waals surface area contributed by atoms with E-state index in [-0.39, 0.29) is 15.9 Å². The number of hydrogen-bond donors (Lipinski definition) is 2. The van der Waals surface area contributed by atoms with Crippen molar-refractivity contribution in [2.45, 2.75) is 38.0 Å². The molecule has 0 fully saturated rings. The van der Waals surface area contributed by atoms with Gasteiger partial charge >= 0.3 is 0 Å². The van der Waals surface area contributed by atoms with Crippen LogP contribution in [0, 0.1) is 0 Å². The summed E-state index contributed by atoms with van der Waals surface area (Å²) in [5.41, 5.74) is 2.21. The Morgan fingerprint density at radius 1 is 0.892 bits per heavy atom. The molecule has 7 nitrogen and oxygen atoms in total. The highest BCUT2D eigenvalue weighted by molar-refractivity contribution is 7.89. The number of hydrogen-bond acceptors (Lipinski definition) is 5. The van der Waals surface area contributed by atoms with Crippen LogP contribution < -0.4 is 15.4 Å². The summed E-state index contributed by atoms with van der Waals surface area (Å²) in [4.78, 5) is 12.8. The maximum atomic E-state index is 12.9. The number of anilines is 1. The summed E-state index contributed by atoms with van der Waals surface area (Å²) in [5, 5.41) is 5.67. The van der Waals surface area contributed by atoms with E-state index in [0.29, 0.717) is 36.7 Å². The molecule has 1 amide bonds. The Balaban J connectivity index is 1.51. The van der Waals surface area contributed by atoms with Crippen molar-refractivity contribution in [3.05, 3.63) is 90.0 Å². The maximum Gasteiger partial charge on any atom is 0.257 e. The Bertz CT molecular complexity index is 1260. The Morgan fingerprint density at radius 3 is 2.11 bits per heavy atom. The van der Waals surface area contributed by atoms with Gasteiger partial charge in [-0.05, 0) is 79.2 Å². The van der Waals surface area contributed by atoms with Crippen molar-refractivity contribution in [1.29, 1.82) is 0 Å². The van der Waals surface area contributed by atoms with Crippen molar-refractivity contribution >= 4 is 38.9 Å². The van der Waals surface area contributed by atoms with Gasteiger partial charge in [-0.3, -0.25) is 10.1 Å². The summed E-state index contributed by atoms with van der Waals surface area (Å²) in [6.45, 7) is 5.41. The number of thiocarbonyl (C=S) groups is 1. The lowest BCUT2D eigenvalue weighted by atomic mass is 10.2.